The number of imide groups is 1. The van der Waals surface area contributed by atoms with Gasteiger partial charge in [0.1, 0.15) is 5.75 Å². The second kappa shape index (κ2) is 13.2. The molecular formula is C27H33N3O3. The summed E-state index contributed by atoms with van der Waals surface area (Å²) in [6, 6.07) is 26.0. The normalized spacial score (nSPS) is 12.1. The van der Waals surface area contributed by atoms with Crippen molar-refractivity contribution in [2.24, 2.45) is 11.5 Å². The molecule has 2 unspecified atom stereocenters. The minimum absolute atomic E-state index is 0.131. The van der Waals surface area contributed by atoms with Crippen molar-refractivity contribution in [1.82, 2.24) is 4.90 Å². The number of carbonyl (C=O) groups excluding carboxylic acids is 2. The van der Waals surface area contributed by atoms with Gasteiger partial charge in [-0.2, -0.15) is 0 Å². The largest absolute Gasteiger partial charge is 0.508 e. The Labute approximate surface area is 195 Å². The van der Waals surface area contributed by atoms with Crippen molar-refractivity contribution in [2.75, 3.05) is 6.54 Å². The quantitative estimate of drug-likeness (QED) is 0.502. The molecule has 0 fully saturated rings. The van der Waals surface area contributed by atoms with Gasteiger partial charge < -0.3 is 16.6 Å². The maximum absolute atomic E-state index is 12.4. The Kier molecular flexibility index (Phi) is 10.3. The van der Waals surface area contributed by atoms with Crippen LogP contribution in [-0.2, 0) is 9.59 Å². The van der Waals surface area contributed by atoms with E-state index in [1.54, 1.807) is 19.1 Å². The van der Waals surface area contributed by atoms with Gasteiger partial charge >= 0.3 is 0 Å². The first-order valence-electron chi connectivity index (χ1n) is 11.0. The molecule has 2 amide bonds. The minimum Gasteiger partial charge on any atom is -0.508 e. The number of aromatic hydroxyl groups is 1. The van der Waals surface area contributed by atoms with Crippen LogP contribution in [-0.4, -0.2) is 34.4 Å². The predicted molar refractivity (Wildman–Crippen MR) is 132 cm³/mol. The van der Waals surface area contributed by atoms with Crippen molar-refractivity contribution in [2.45, 2.75) is 38.8 Å². The Morgan fingerprint density at radius 2 is 1.36 bits per heavy atom. The molecule has 0 aliphatic heterocycles. The van der Waals surface area contributed by atoms with Gasteiger partial charge in [0.2, 0.25) is 11.8 Å². The molecule has 0 aliphatic rings. The Morgan fingerprint density at radius 1 is 0.879 bits per heavy atom. The number of nitrogens with two attached hydrogens (primary N) is 2. The third kappa shape index (κ3) is 7.86. The number of amides is 2. The van der Waals surface area contributed by atoms with E-state index in [1.807, 2.05) is 12.1 Å². The molecule has 3 aromatic carbocycles. The van der Waals surface area contributed by atoms with Crippen molar-refractivity contribution in [3.8, 4) is 16.9 Å². The van der Waals surface area contributed by atoms with Crippen LogP contribution in [0.2, 0.25) is 0 Å². The summed E-state index contributed by atoms with van der Waals surface area (Å²) in [7, 11) is 0. The maximum atomic E-state index is 12.4. The van der Waals surface area contributed by atoms with Crippen molar-refractivity contribution < 1.29 is 14.7 Å². The smallest absolute Gasteiger partial charge is 0.246 e. The zero-order chi connectivity index (χ0) is 24.2. The molecule has 0 saturated carbocycles. The van der Waals surface area contributed by atoms with E-state index in [9.17, 15) is 14.7 Å². The Morgan fingerprint density at radius 3 is 1.79 bits per heavy atom. The second-order valence-corrected chi connectivity index (χ2v) is 7.76. The van der Waals surface area contributed by atoms with E-state index in [-0.39, 0.29) is 11.7 Å². The summed E-state index contributed by atoms with van der Waals surface area (Å²) < 4.78 is 0. The summed E-state index contributed by atoms with van der Waals surface area (Å²) in [5, 5.41) is 9.30. The van der Waals surface area contributed by atoms with E-state index in [4.69, 9.17) is 11.5 Å². The third-order valence-corrected chi connectivity index (χ3v) is 5.26. The molecule has 6 heteroatoms. The monoisotopic (exact) mass is 447 g/mol. The molecule has 0 heterocycles. The van der Waals surface area contributed by atoms with E-state index in [2.05, 4.69) is 48.5 Å². The molecule has 33 heavy (non-hydrogen) atoms. The number of phenolic OH excluding ortho intramolecular Hbond substituents is 1. The zero-order valence-corrected chi connectivity index (χ0v) is 19.2. The van der Waals surface area contributed by atoms with Crippen LogP contribution in [0.1, 0.15) is 38.3 Å². The molecule has 3 rings (SSSR count). The van der Waals surface area contributed by atoms with Crippen LogP contribution >= 0.6 is 0 Å². The molecule has 3 aromatic rings. The van der Waals surface area contributed by atoms with Gasteiger partial charge in [0, 0.05) is 6.92 Å². The van der Waals surface area contributed by atoms with Crippen molar-refractivity contribution >= 4 is 11.8 Å². The average molecular weight is 448 g/mol. The Hall–Kier alpha value is -3.48. The first-order valence-corrected chi connectivity index (χ1v) is 11.0. The molecule has 0 bridgehead atoms. The lowest BCUT2D eigenvalue weighted by Gasteiger charge is -2.29. The number of nitrogens with zero attached hydrogens (tertiary/aromatic N) is 1. The summed E-state index contributed by atoms with van der Waals surface area (Å²) in [5.41, 5.74) is 14.6. The van der Waals surface area contributed by atoms with Crippen LogP contribution in [0.5, 0.6) is 5.75 Å². The maximum Gasteiger partial charge on any atom is 0.246 e. The van der Waals surface area contributed by atoms with Crippen LogP contribution in [0.3, 0.4) is 0 Å². The van der Waals surface area contributed by atoms with Crippen molar-refractivity contribution in [1.29, 1.82) is 0 Å². The van der Waals surface area contributed by atoms with E-state index in [0.29, 0.717) is 19.4 Å². The summed E-state index contributed by atoms with van der Waals surface area (Å²) in [4.78, 5) is 25.3. The van der Waals surface area contributed by atoms with Crippen LogP contribution in [0.4, 0.5) is 0 Å². The number of hydrogen-bond acceptors (Lipinski definition) is 5. The van der Waals surface area contributed by atoms with Gasteiger partial charge in [-0.1, -0.05) is 72.8 Å². The van der Waals surface area contributed by atoms with Crippen LogP contribution in [0.25, 0.3) is 11.1 Å². The summed E-state index contributed by atoms with van der Waals surface area (Å²) in [6.45, 7) is 3.54. The fourth-order valence-electron chi connectivity index (χ4n) is 3.42. The number of carbonyl (C=O) groups is 2. The van der Waals surface area contributed by atoms with Gasteiger partial charge in [-0.3, -0.25) is 14.5 Å². The third-order valence-electron chi connectivity index (χ3n) is 5.26. The first-order chi connectivity index (χ1) is 15.8. The van der Waals surface area contributed by atoms with E-state index in [1.165, 1.54) is 30.2 Å². The first kappa shape index (κ1) is 25.8. The van der Waals surface area contributed by atoms with E-state index >= 15 is 0 Å². The Balaban J connectivity index is 0.000000268. The fraction of sp³-hybridized carbons (Fsp3) is 0.259. The SMILES string of the molecule is CC(=O)N(C(=O)C(N)CCCN)C(C)c1ccc(O)cc1.c1ccc(-c2ccccc2)cc1. The van der Waals surface area contributed by atoms with Crippen molar-refractivity contribution in [3.05, 3.63) is 90.5 Å². The molecule has 0 aromatic heterocycles. The summed E-state index contributed by atoms with van der Waals surface area (Å²) >= 11 is 0. The molecule has 6 nitrogen and oxygen atoms in total. The minimum atomic E-state index is -0.739. The summed E-state index contributed by atoms with van der Waals surface area (Å²) in [5.74, 6) is -0.633. The molecule has 0 radical (unpaired) electrons. The highest BCUT2D eigenvalue weighted by Gasteiger charge is 2.29. The Bertz CT molecular complexity index is 955. The standard InChI is InChI=1S/C15H23N3O3.C12H10/c1-10(12-5-7-13(20)8-6-12)18(11(2)19)15(21)14(17)4-3-9-16;1-3-7-11(8-4-1)12-9-5-2-6-10-12/h5-8,10,14,20H,3-4,9,16-17H2,1-2H3;1-10H. The van der Waals surface area contributed by atoms with Gasteiger partial charge in [-0.05, 0) is 55.1 Å². The van der Waals surface area contributed by atoms with Crippen LogP contribution in [0.15, 0.2) is 84.9 Å². The molecular weight excluding hydrogens is 414 g/mol. The van der Waals surface area contributed by atoms with Gasteiger partial charge in [0.05, 0.1) is 12.1 Å². The van der Waals surface area contributed by atoms with E-state index < -0.39 is 18.0 Å². The topological polar surface area (TPSA) is 110 Å². The lowest BCUT2D eigenvalue weighted by atomic mass is 10.0. The summed E-state index contributed by atoms with van der Waals surface area (Å²) in [6.07, 6.45) is 1.08. The van der Waals surface area contributed by atoms with Crippen LogP contribution in [0, 0.1) is 0 Å². The van der Waals surface area contributed by atoms with Crippen LogP contribution < -0.4 is 11.5 Å². The highest BCUT2D eigenvalue weighted by molar-refractivity contribution is 5.97. The number of rotatable bonds is 7. The lowest BCUT2D eigenvalue weighted by Crippen LogP contribution is -2.47. The number of hydrogen-bond donors (Lipinski definition) is 3. The second-order valence-electron chi connectivity index (χ2n) is 7.76. The highest BCUT2D eigenvalue weighted by Crippen LogP contribution is 2.23. The molecule has 0 saturated heterocycles. The lowest BCUT2D eigenvalue weighted by molar-refractivity contribution is -0.147. The van der Waals surface area contributed by atoms with Gasteiger partial charge in [0.15, 0.2) is 0 Å². The van der Waals surface area contributed by atoms with Crippen molar-refractivity contribution in [3.63, 3.8) is 0 Å². The highest BCUT2D eigenvalue weighted by atomic mass is 16.3. The van der Waals surface area contributed by atoms with Gasteiger partial charge in [0.25, 0.3) is 0 Å². The van der Waals surface area contributed by atoms with Gasteiger partial charge in [-0.15, -0.1) is 0 Å². The van der Waals surface area contributed by atoms with E-state index in [0.717, 1.165) is 10.5 Å². The molecule has 0 spiro atoms. The number of benzene rings is 3. The predicted octanol–water partition coefficient (Wildman–Crippen LogP) is 4.25. The molecule has 2 atom stereocenters. The molecule has 174 valence electrons. The molecule has 5 N–H and O–H groups in total. The zero-order valence-electron chi connectivity index (χ0n) is 19.2. The number of phenols is 1. The average Bonchev–Trinajstić information content (AvgIpc) is 2.84. The molecule has 0 aliphatic carbocycles. The fourth-order valence-corrected chi connectivity index (χ4v) is 3.42. The van der Waals surface area contributed by atoms with Gasteiger partial charge in [-0.25, -0.2) is 0 Å².